The minimum atomic E-state index is 0.647. The van der Waals surface area contributed by atoms with E-state index in [9.17, 15) is 0 Å². The molecule has 0 atom stereocenters. The molecule has 0 aromatic carbocycles. The highest BCUT2D eigenvalue weighted by Gasteiger charge is 2.02. The predicted octanol–water partition coefficient (Wildman–Crippen LogP) is 1.72. The molecule has 3 nitrogen and oxygen atoms in total. The van der Waals surface area contributed by atoms with E-state index in [0.29, 0.717) is 5.56 Å². The molecule has 0 N–H and O–H groups in total. The molecule has 13 heavy (non-hydrogen) atoms. The Bertz CT molecular complexity index is 339. The molecule has 3 heteroatoms. The topological polar surface area (TPSA) is 39.9 Å². The van der Waals surface area contributed by atoms with Crippen molar-refractivity contribution in [2.24, 2.45) is 0 Å². The van der Waals surface area contributed by atoms with E-state index in [-0.39, 0.29) is 0 Å². The molecule has 68 valence electrons. The third-order valence-corrected chi connectivity index (χ3v) is 2.08. The van der Waals surface area contributed by atoms with Gasteiger partial charge in [-0.05, 0) is 25.5 Å². The average Bonchev–Trinajstić information content (AvgIpc) is 2.16. The zero-order valence-corrected chi connectivity index (χ0v) is 8.20. The maximum Gasteiger partial charge on any atom is 0.128 e. The van der Waals surface area contributed by atoms with Gasteiger partial charge in [0.2, 0.25) is 0 Å². The second kappa shape index (κ2) is 3.90. The quantitative estimate of drug-likeness (QED) is 0.687. The monoisotopic (exact) mass is 175 g/mol. The number of hydrogen-bond acceptors (Lipinski definition) is 3. The minimum Gasteiger partial charge on any atom is -0.360 e. The molecule has 0 spiro atoms. The highest BCUT2D eigenvalue weighted by molar-refractivity contribution is 5.46. The van der Waals surface area contributed by atoms with Crippen LogP contribution in [-0.2, 0) is 0 Å². The van der Waals surface area contributed by atoms with Crippen molar-refractivity contribution >= 4 is 5.82 Å². The summed E-state index contributed by atoms with van der Waals surface area (Å²) in [6.07, 6.45) is 1.62. The van der Waals surface area contributed by atoms with Gasteiger partial charge in [0.05, 0.1) is 5.56 Å². The van der Waals surface area contributed by atoms with Crippen molar-refractivity contribution in [3.8, 4) is 6.07 Å². The summed E-state index contributed by atoms with van der Waals surface area (Å²) in [6, 6.07) is 4.03. The number of rotatable bonds is 2. The van der Waals surface area contributed by atoms with Crippen LogP contribution >= 0.6 is 0 Å². The summed E-state index contributed by atoms with van der Waals surface area (Å²) in [4.78, 5) is 6.22. The average molecular weight is 175 g/mol. The molecule has 0 aliphatic rings. The molecule has 0 aliphatic carbocycles. The van der Waals surface area contributed by atoms with Crippen molar-refractivity contribution in [3.63, 3.8) is 0 Å². The van der Waals surface area contributed by atoms with Gasteiger partial charge < -0.3 is 4.90 Å². The van der Waals surface area contributed by atoms with Crippen LogP contribution in [0.3, 0.4) is 0 Å². The molecule has 0 unspecified atom stereocenters. The molecule has 0 radical (unpaired) electrons. The first kappa shape index (κ1) is 9.53. The van der Waals surface area contributed by atoms with E-state index < -0.39 is 0 Å². The molecule has 1 rings (SSSR count). The van der Waals surface area contributed by atoms with E-state index >= 15 is 0 Å². The van der Waals surface area contributed by atoms with Crippen LogP contribution in [0.2, 0.25) is 0 Å². The van der Waals surface area contributed by atoms with Crippen LogP contribution in [-0.4, -0.2) is 18.6 Å². The Kier molecular flexibility index (Phi) is 2.86. The lowest BCUT2D eigenvalue weighted by Gasteiger charge is -2.15. The summed E-state index contributed by atoms with van der Waals surface area (Å²) in [6.45, 7) is 4.90. The number of nitriles is 1. The molecule has 0 fully saturated rings. The SMILES string of the molecule is CCN(C)c1cc(C)c(C#N)cn1. The van der Waals surface area contributed by atoms with Crippen molar-refractivity contribution in [3.05, 3.63) is 23.4 Å². The molecule has 0 amide bonds. The Morgan fingerprint density at radius 1 is 1.62 bits per heavy atom. The zero-order valence-electron chi connectivity index (χ0n) is 8.20. The molecule has 1 aromatic heterocycles. The van der Waals surface area contributed by atoms with Gasteiger partial charge in [0, 0.05) is 19.8 Å². The molecule has 1 aromatic rings. The zero-order chi connectivity index (χ0) is 9.84. The van der Waals surface area contributed by atoms with Crippen LogP contribution in [0.4, 0.5) is 5.82 Å². The summed E-state index contributed by atoms with van der Waals surface area (Å²) < 4.78 is 0. The second-order valence-corrected chi connectivity index (χ2v) is 2.98. The van der Waals surface area contributed by atoms with Crippen molar-refractivity contribution in [1.82, 2.24) is 4.98 Å². The van der Waals surface area contributed by atoms with E-state index in [2.05, 4.69) is 18.0 Å². The van der Waals surface area contributed by atoms with Crippen LogP contribution in [0.25, 0.3) is 0 Å². The van der Waals surface area contributed by atoms with E-state index in [1.54, 1.807) is 6.20 Å². The molecule has 0 bridgehead atoms. The maximum atomic E-state index is 8.70. The van der Waals surface area contributed by atoms with E-state index in [4.69, 9.17) is 5.26 Å². The minimum absolute atomic E-state index is 0.647. The number of nitrogens with zero attached hydrogens (tertiary/aromatic N) is 3. The number of anilines is 1. The van der Waals surface area contributed by atoms with Crippen molar-refractivity contribution in [1.29, 1.82) is 5.26 Å². The fourth-order valence-corrected chi connectivity index (χ4v) is 1.03. The Labute approximate surface area is 78.6 Å². The number of aryl methyl sites for hydroxylation is 1. The lowest BCUT2D eigenvalue weighted by molar-refractivity contribution is 0.935. The standard InChI is InChI=1S/C10H13N3/c1-4-13(3)10-5-8(2)9(6-11)7-12-10/h5,7H,4H2,1-3H3. The Hall–Kier alpha value is -1.56. The molecule has 0 aliphatic heterocycles. The van der Waals surface area contributed by atoms with Crippen molar-refractivity contribution in [2.45, 2.75) is 13.8 Å². The largest absolute Gasteiger partial charge is 0.360 e. The highest BCUT2D eigenvalue weighted by Crippen LogP contribution is 2.13. The molecular weight excluding hydrogens is 162 g/mol. The predicted molar refractivity (Wildman–Crippen MR) is 52.6 cm³/mol. The van der Waals surface area contributed by atoms with Gasteiger partial charge in [-0.2, -0.15) is 5.26 Å². The van der Waals surface area contributed by atoms with Gasteiger partial charge in [-0.25, -0.2) is 4.98 Å². The molecule has 0 saturated carbocycles. The van der Waals surface area contributed by atoms with Gasteiger partial charge in [0.25, 0.3) is 0 Å². The first-order chi connectivity index (χ1) is 6.19. The first-order valence-electron chi connectivity index (χ1n) is 4.27. The summed E-state index contributed by atoms with van der Waals surface area (Å²) in [5.74, 6) is 0.916. The van der Waals surface area contributed by atoms with Crippen LogP contribution in [0.15, 0.2) is 12.3 Å². The number of hydrogen-bond donors (Lipinski definition) is 0. The van der Waals surface area contributed by atoms with E-state index in [1.165, 1.54) is 0 Å². The van der Waals surface area contributed by atoms with Crippen LogP contribution in [0, 0.1) is 18.3 Å². The lowest BCUT2D eigenvalue weighted by Crippen LogP contribution is -2.17. The van der Waals surface area contributed by atoms with Crippen LogP contribution in [0.1, 0.15) is 18.1 Å². The molecule has 1 heterocycles. The molecule has 0 saturated heterocycles. The number of pyridine rings is 1. The summed E-state index contributed by atoms with van der Waals surface area (Å²) >= 11 is 0. The summed E-state index contributed by atoms with van der Waals surface area (Å²) in [5, 5.41) is 8.70. The van der Waals surface area contributed by atoms with Crippen LogP contribution < -0.4 is 4.90 Å². The Balaban J connectivity index is 3.04. The van der Waals surface area contributed by atoms with Gasteiger partial charge in [0.1, 0.15) is 11.9 Å². The van der Waals surface area contributed by atoms with Crippen LogP contribution in [0.5, 0.6) is 0 Å². The molecular formula is C10H13N3. The highest BCUT2D eigenvalue weighted by atomic mass is 15.1. The van der Waals surface area contributed by atoms with E-state index in [0.717, 1.165) is 17.9 Å². The van der Waals surface area contributed by atoms with Crippen molar-refractivity contribution < 1.29 is 0 Å². The van der Waals surface area contributed by atoms with Gasteiger partial charge in [-0.15, -0.1) is 0 Å². The van der Waals surface area contributed by atoms with E-state index in [1.807, 2.05) is 24.9 Å². The van der Waals surface area contributed by atoms with Gasteiger partial charge in [-0.3, -0.25) is 0 Å². The maximum absolute atomic E-state index is 8.70. The summed E-state index contributed by atoms with van der Waals surface area (Å²) in [5.41, 5.74) is 1.63. The first-order valence-corrected chi connectivity index (χ1v) is 4.27. The lowest BCUT2D eigenvalue weighted by atomic mass is 10.2. The fraction of sp³-hybridized carbons (Fsp3) is 0.400. The third-order valence-electron chi connectivity index (χ3n) is 2.08. The van der Waals surface area contributed by atoms with Gasteiger partial charge >= 0.3 is 0 Å². The number of aromatic nitrogens is 1. The Morgan fingerprint density at radius 2 is 2.31 bits per heavy atom. The normalized spacial score (nSPS) is 9.38. The van der Waals surface area contributed by atoms with Gasteiger partial charge in [-0.1, -0.05) is 0 Å². The second-order valence-electron chi connectivity index (χ2n) is 2.98. The Morgan fingerprint density at radius 3 is 2.77 bits per heavy atom. The summed E-state index contributed by atoms with van der Waals surface area (Å²) in [7, 11) is 1.98. The smallest absolute Gasteiger partial charge is 0.128 e. The van der Waals surface area contributed by atoms with Gasteiger partial charge in [0.15, 0.2) is 0 Å². The fourth-order valence-electron chi connectivity index (χ4n) is 1.03. The third kappa shape index (κ3) is 1.97. The van der Waals surface area contributed by atoms with Crippen molar-refractivity contribution in [2.75, 3.05) is 18.5 Å².